The molecule has 1 atom stereocenters. The molecule has 0 saturated carbocycles. The molecule has 0 saturated heterocycles. The molecule has 0 spiro atoms. The number of rotatable bonds is 11. The van der Waals surface area contributed by atoms with E-state index in [1.54, 1.807) is 7.11 Å². The van der Waals surface area contributed by atoms with Crippen LogP contribution in [0, 0.1) is 0 Å². The summed E-state index contributed by atoms with van der Waals surface area (Å²) in [7, 11) is 1.68. The third-order valence-corrected chi connectivity index (χ3v) is 3.04. The van der Waals surface area contributed by atoms with Gasteiger partial charge in [-0.25, -0.2) is 0 Å². The fourth-order valence-corrected chi connectivity index (χ4v) is 2.09. The Hall–Kier alpha value is -1.10. The maximum atomic E-state index is 5.81. The van der Waals surface area contributed by atoms with Crippen LogP contribution < -0.4 is 10.1 Å². The smallest absolute Gasteiger partial charge is 0.124 e. The Morgan fingerprint density at radius 1 is 1.10 bits per heavy atom. The minimum atomic E-state index is 0.255. The average Bonchev–Trinajstić information content (AvgIpc) is 2.47. The predicted octanol–water partition coefficient (Wildman–Crippen LogP) is 2.79. The largest absolute Gasteiger partial charge is 0.491 e. The molecule has 4 heteroatoms. The highest BCUT2D eigenvalue weighted by Crippen LogP contribution is 2.27. The summed E-state index contributed by atoms with van der Waals surface area (Å²) < 4.78 is 16.3. The van der Waals surface area contributed by atoms with Crippen molar-refractivity contribution in [1.82, 2.24) is 5.32 Å². The van der Waals surface area contributed by atoms with Crippen LogP contribution in [-0.2, 0) is 9.47 Å². The topological polar surface area (TPSA) is 39.7 Å². The SMILES string of the molecule is CCNC(CCOCC)c1ccccc1OCCOC. The highest BCUT2D eigenvalue weighted by atomic mass is 16.5. The summed E-state index contributed by atoms with van der Waals surface area (Å²) in [5, 5.41) is 3.50. The number of nitrogens with one attached hydrogen (secondary N) is 1. The van der Waals surface area contributed by atoms with Crippen LogP contribution in [0.4, 0.5) is 0 Å². The molecule has 1 N–H and O–H groups in total. The van der Waals surface area contributed by atoms with Gasteiger partial charge in [0, 0.05) is 31.9 Å². The lowest BCUT2D eigenvalue weighted by atomic mass is 10.0. The Morgan fingerprint density at radius 2 is 1.90 bits per heavy atom. The van der Waals surface area contributed by atoms with Gasteiger partial charge in [0.05, 0.1) is 6.61 Å². The second-order valence-electron chi connectivity index (χ2n) is 4.47. The van der Waals surface area contributed by atoms with Crippen LogP contribution in [0.15, 0.2) is 24.3 Å². The molecule has 1 aromatic rings. The third kappa shape index (κ3) is 5.90. The number of hydrogen-bond donors (Lipinski definition) is 1. The molecule has 0 heterocycles. The van der Waals surface area contributed by atoms with Gasteiger partial charge in [-0.1, -0.05) is 25.1 Å². The summed E-state index contributed by atoms with van der Waals surface area (Å²) in [6.45, 7) is 7.72. The van der Waals surface area contributed by atoms with Crippen molar-refractivity contribution in [3.8, 4) is 5.75 Å². The van der Waals surface area contributed by atoms with Gasteiger partial charge >= 0.3 is 0 Å². The zero-order valence-corrected chi connectivity index (χ0v) is 12.9. The fourth-order valence-electron chi connectivity index (χ4n) is 2.09. The lowest BCUT2D eigenvalue weighted by molar-refractivity contribution is 0.134. The van der Waals surface area contributed by atoms with Gasteiger partial charge in [0.25, 0.3) is 0 Å². The number of benzene rings is 1. The van der Waals surface area contributed by atoms with Crippen LogP contribution in [0.1, 0.15) is 31.9 Å². The molecule has 0 bridgehead atoms. The van der Waals surface area contributed by atoms with E-state index >= 15 is 0 Å². The summed E-state index contributed by atoms with van der Waals surface area (Å²) in [5.74, 6) is 0.923. The first-order valence-corrected chi connectivity index (χ1v) is 7.35. The van der Waals surface area contributed by atoms with Crippen LogP contribution >= 0.6 is 0 Å². The van der Waals surface area contributed by atoms with Crippen molar-refractivity contribution in [2.75, 3.05) is 40.1 Å². The standard InChI is InChI=1S/C16H27NO3/c1-4-17-15(10-11-19-5-2)14-8-6-7-9-16(14)20-13-12-18-3/h6-9,15,17H,4-5,10-13H2,1-3H3. The first-order chi connectivity index (χ1) is 9.83. The highest BCUT2D eigenvalue weighted by molar-refractivity contribution is 5.36. The molecule has 0 fully saturated rings. The fraction of sp³-hybridized carbons (Fsp3) is 0.625. The second kappa shape index (κ2) is 10.7. The Labute approximate surface area is 122 Å². The molecule has 4 nitrogen and oxygen atoms in total. The molecule has 0 radical (unpaired) electrons. The van der Waals surface area contributed by atoms with Gasteiger partial charge in [0.15, 0.2) is 0 Å². The normalized spacial score (nSPS) is 12.3. The first-order valence-electron chi connectivity index (χ1n) is 7.35. The number of hydrogen-bond acceptors (Lipinski definition) is 4. The van der Waals surface area contributed by atoms with E-state index in [4.69, 9.17) is 14.2 Å². The Morgan fingerprint density at radius 3 is 2.60 bits per heavy atom. The summed E-state index contributed by atoms with van der Waals surface area (Å²) in [6.07, 6.45) is 0.937. The summed E-state index contributed by atoms with van der Waals surface area (Å²) in [5.41, 5.74) is 1.19. The Balaban J connectivity index is 2.71. The molecule has 1 aromatic carbocycles. The molecule has 0 aliphatic heterocycles. The van der Waals surface area contributed by atoms with E-state index in [1.807, 2.05) is 25.1 Å². The number of para-hydroxylation sites is 1. The summed E-state index contributed by atoms with van der Waals surface area (Å²) in [4.78, 5) is 0. The lowest BCUT2D eigenvalue weighted by Crippen LogP contribution is -2.23. The summed E-state index contributed by atoms with van der Waals surface area (Å²) in [6, 6.07) is 8.42. The second-order valence-corrected chi connectivity index (χ2v) is 4.47. The maximum Gasteiger partial charge on any atom is 0.124 e. The minimum Gasteiger partial charge on any atom is -0.491 e. The van der Waals surface area contributed by atoms with E-state index in [1.165, 1.54) is 5.56 Å². The van der Waals surface area contributed by atoms with Crippen LogP contribution in [0.5, 0.6) is 5.75 Å². The van der Waals surface area contributed by atoms with Crippen molar-refractivity contribution >= 4 is 0 Å². The van der Waals surface area contributed by atoms with E-state index < -0.39 is 0 Å². The molecule has 1 rings (SSSR count). The predicted molar refractivity (Wildman–Crippen MR) is 81.3 cm³/mol. The minimum absolute atomic E-state index is 0.255. The van der Waals surface area contributed by atoms with Crippen LogP contribution in [0.2, 0.25) is 0 Å². The van der Waals surface area contributed by atoms with Crippen molar-refractivity contribution in [2.24, 2.45) is 0 Å². The van der Waals surface area contributed by atoms with Crippen molar-refractivity contribution in [3.63, 3.8) is 0 Å². The third-order valence-electron chi connectivity index (χ3n) is 3.04. The van der Waals surface area contributed by atoms with Gasteiger partial charge in [-0.15, -0.1) is 0 Å². The zero-order valence-electron chi connectivity index (χ0n) is 12.9. The van der Waals surface area contributed by atoms with Crippen molar-refractivity contribution in [2.45, 2.75) is 26.3 Å². The van der Waals surface area contributed by atoms with Crippen LogP contribution in [-0.4, -0.2) is 40.1 Å². The Bertz CT molecular complexity index is 357. The van der Waals surface area contributed by atoms with Gasteiger partial charge in [-0.05, 0) is 26.0 Å². The van der Waals surface area contributed by atoms with Crippen LogP contribution in [0.3, 0.4) is 0 Å². The van der Waals surface area contributed by atoms with Gasteiger partial charge < -0.3 is 19.5 Å². The lowest BCUT2D eigenvalue weighted by Gasteiger charge is -2.21. The number of methoxy groups -OCH3 is 1. The molecular formula is C16H27NO3. The molecule has 0 aromatic heterocycles. The molecule has 20 heavy (non-hydrogen) atoms. The highest BCUT2D eigenvalue weighted by Gasteiger charge is 2.14. The molecule has 0 aliphatic carbocycles. The van der Waals surface area contributed by atoms with Gasteiger partial charge in [-0.2, -0.15) is 0 Å². The van der Waals surface area contributed by atoms with Crippen molar-refractivity contribution in [1.29, 1.82) is 0 Å². The van der Waals surface area contributed by atoms with E-state index in [0.29, 0.717) is 13.2 Å². The van der Waals surface area contributed by atoms with Gasteiger partial charge in [-0.3, -0.25) is 0 Å². The van der Waals surface area contributed by atoms with E-state index in [-0.39, 0.29) is 6.04 Å². The van der Waals surface area contributed by atoms with Crippen LogP contribution in [0.25, 0.3) is 0 Å². The molecule has 0 amide bonds. The average molecular weight is 281 g/mol. The van der Waals surface area contributed by atoms with Crippen molar-refractivity contribution < 1.29 is 14.2 Å². The zero-order chi connectivity index (χ0) is 14.6. The molecular weight excluding hydrogens is 254 g/mol. The number of ether oxygens (including phenoxy) is 3. The summed E-state index contributed by atoms with van der Waals surface area (Å²) >= 11 is 0. The van der Waals surface area contributed by atoms with Gasteiger partial charge in [0.1, 0.15) is 12.4 Å². The van der Waals surface area contributed by atoms with E-state index in [9.17, 15) is 0 Å². The molecule has 114 valence electrons. The molecule has 1 unspecified atom stereocenters. The maximum absolute atomic E-state index is 5.81. The van der Waals surface area contributed by atoms with Crippen molar-refractivity contribution in [3.05, 3.63) is 29.8 Å². The monoisotopic (exact) mass is 281 g/mol. The first kappa shape index (κ1) is 17.0. The van der Waals surface area contributed by atoms with E-state index in [2.05, 4.69) is 18.3 Å². The van der Waals surface area contributed by atoms with Gasteiger partial charge in [0.2, 0.25) is 0 Å². The Kier molecular flexibility index (Phi) is 9.04. The van der Waals surface area contributed by atoms with E-state index in [0.717, 1.165) is 31.9 Å². The molecule has 0 aliphatic rings. The quantitative estimate of drug-likeness (QED) is 0.633.